The molecule has 0 spiro atoms. The van der Waals surface area contributed by atoms with E-state index >= 15 is 0 Å². The van der Waals surface area contributed by atoms with Crippen molar-refractivity contribution in [3.8, 4) is 12.3 Å². The first kappa shape index (κ1) is 36.6. The Hall–Kier alpha value is -2.43. The van der Waals surface area contributed by atoms with E-state index in [2.05, 4.69) is 70.1 Å². The molecule has 0 radical (unpaired) electrons. The molecule has 7 heteroatoms. The first-order chi connectivity index (χ1) is 18.6. The standard InChI is InChI=1S/C34H54N2O4S/c1-14-21-36(22-17-19-26-18-15-16-20-27(26)41-34(12,13)30(2,3)4)28(37)33(10,11)25-39-24-32(8,9)23-35-29(38)40-31(5,6)7/h1,15-20H,21-25H2,2-13H3,(H,35,38)/b19-17+. The largest absolute Gasteiger partial charge is 0.444 e. The SMILES string of the molecule is C#CCN(C/C=C/c1ccccc1SC(C)(C)C(C)(C)C)C(=O)C(C)(C)COCC(C)(C)CNC(=O)OC(C)(C)C. The van der Waals surface area contributed by atoms with Crippen molar-refractivity contribution in [2.75, 3.05) is 32.8 Å². The summed E-state index contributed by atoms with van der Waals surface area (Å²) < 4.78 is 11.3. The molecule has 41 heavy (non-hydrogen) atoms. The molecule has 1 N–H and O–H groups in total. The molecular formula is C34H54N2O4S. The Morgan fingerprint density at radius 2 is 1.59 bits per heavy atom. The molecular weight excluding hydrogens is 532 g/mol. The lowest BCUT2D eigenvalue weighted by Crippen LogP contribution is -2.44. The number of alkyl carbamates (subject to hydrolysis) is 1. The highest BCUT2D eigenvalue weighted by Crippen LogP contribution is 2.46. The van der Waals surface area contributed by atoms with Crippen molar-refractivity contribution in [2.24, 2.45) is 16.2 Å². The zero-order chi connectivity index (χ0) is 31.7. The van der Waals surface area contributed by atoms with Gasteiger partial charge < -0.3 is 19.7 Å². The van der Waals surface area contributed by atoms with Gasteiger partial charge in [-0.15, -0.1) is 18.2 Å². The van der Waals surface area contributed by atoms with Crippen molar-refractivity contribution < 1.29 is 19.1 Å². The second-order valence-corrected chi connectivity index (χ2v) is 16.3. The van der Waals surface area contributed by atoms with Gasteiger partial charge in [0.15, 0.2) is 0 Å². The minimum absolute atomic E-state index is 0.0345. The van der Waals surface area contributed by atoms with Crippen molar-refractivity contribution in [1.82, 2.24) is 10.2 Å². The van der Waals surface area contributed by atoms with E-state index in [1.807, 2.05) is 72.4 Å². The van der Waals surface area contributed by atoms with Crippen LogP contribution in [0.3, 0.4) is 0 Å². The van der Waals surface area contributed by atoms with Crippen LogP contribution in [0.15, 0.2) is 35.2 Å². The van der Waals surface area contributed by atoms with Crippen LogP contribution >= 0.6 is 11.8 Å². The number of terminal acetylenes is 1. The maximum absolute atomic E-state index is 13.5. The smallest absolute Gasteiger partial charge is 0.407 e. The van der Waals surface area contributed by atoms with Crippen molar-refractivity contribution in [3.05, 3.63) is 35.9 Å². The fourth-order valence-corrected chi connectivity index (χ4v) is 4.78. The second-order valence-electron chi connectivity index (χ2n) is 14.6. The Balaban J connectivity index is 2.82. The van der Waals surface area contributed by atoms with E-state index in [0.717, 1.165) is 5.56 Å². The monoisotopic (exact) mass is 586 g/mol. The number of nitrogens with one attached hydrogen (secondary N) is 1. The number of thioether (sulfide) groups is 1. The quantitative estimate of drug-likeness (QED) is 0.190. The van der Waals surface area contributed by atoms with Crippen LogP contribution in [0.2, 0.25) is 0 Å². The fraction of sp³-hybridized carbons (Fsp3) is 0.647. The summed E-state index contributed by atoms with van der Waals surface area (Å²) in [6.45, 7) is 26.1. The molecule has 0 saturated carbocycles. The molecule has 0 aliphatic carbocycles. The van der Waals surface area contributed by atoms with Crippen molar-refractivity contribution in [3.63, 3.8) is 0 Å². The zero-order valence-electron chi connectivity index (χ0n) is 27.6. The second kappa shape index (κ2) is 14.6. The molecule has 1 rings (SSSR count). The van der Waals surface area contributed by atoms with Gasteiger partial charge in [0.2, 0.25) is 5.91 Å². The Morgan fingerprint density at radius 3 is 2.15 bits per heavy atom. The molecule has 0 unspecified atom stereocenters. The van der Waals surface area contributed by atoms with Gasteiger partial charge in [0.25, 0.3) is 0 Å². The third kappa shape index (κ3) is 13.0. The molecule has 1 aromatic rings. The number of benzene rings is 1. The van der Waals surface area contributed by atoms with Crippen LogP contribution in [-0.2, 0) is 14.3 Å². The molecule has 0 atom stereocenters. The van der Waals surface area contributed by atoms with Gasteiger partial charge in [-0.2, -0.15) is 0 Å². The first-order valence-corrected chi connectivity index (χ1v) is 15.1. The van der Waals surface area contributed by atoms with Gasteiger partial charge >= 0.3 is 6.09 Å². The molecule has 0 fully saturated rings. The number of carbonyl (C=O) groups is 2. The number of rotatable bonds is 13. The fourth-order valence-electron chi connectivity index (χ4n) is 3.52. The molecule has 0 aromatic heterocycles. The minimum Gasteiger partial charge on any atom is -0.444 e. The van der Waals surface area contributed by atoms with E-state index in [0.29, 0.717) is 19.7 Å². The topological polar surface area (TPSA) is 67.9 Å². The predicted octanol–water partition coefficient (Wildman–Crippen LogP) is 7.67. The summed E-state index contributed by atoms with van der Waals surface area (Å²) in [5, 5.41) is 2.80. The Bertz CT molecular complexity index is 1090. The average Bonchev–Trinajstić information content (AvgIpc) is 2.80. The van der Waals surface area contributed by atoms with Gasteiger partial charge in [-0.25, -0.2) is 4.79 Å². The lowest BCUT2D eigenvalue weighted by atomic mass is 9.83. The highest BCUT2D eigenvalue weighted by molar-refractivity contribution is 8.00. The van der Waals surface area contributed by atoms with Crippen LogP contribution < -0.4 is 5.32 Å². The Morgan fingerprint density at radius 1 is 0.976 bits per heavy atom. The minimum atomic E-state index is -0.774. The van der Waals surface area contributed by atoms with Gasteiger partial charge in [0.05, 0.1) is 25.2 Å². The number of amides is 2. The summed E-state index contributed by atoms with van der Waals surface area (Å²) in [5.74, 6) is 2.56. The molecule has 0 aliphatic heterocycles. The van der Waals surface area contributed by atoms with E-state index in [-0.39, 0.29) is 34.6 Å². The number of ether oxygens (including phenoxy) is 2. The third-order valence-corrected chi connectivity index (χ3v) is 8.64. The molecule has 6 nitrogen and oxygen atoms in total. The highest BCUT2D eigenvalue weighted by Gasteiger charge is 2.35. The lowest BCUT2D eigenvalue weighted by molar-refractivity contribution is -0.143. The van der Waals surface area contributed by atoms with Gasteiger partial charge in [0, 0.05) is 28.1 Å². The molecule has 2 amide bonds. The summed E-state index contributed by atoms with van der Waals surface area (Å²) in [7, 11) is 0. The summed E-state index contributed by atoms with van der Waals surface area (Å²) in [4.78, 5) is 28.4. The summed E-state index contributed by atoms with van der Waals surface area (Å²) >= 11 is 1.87. The summed E-state index contributed by atoms with van der Waals surface area (Å²) in [5.41, 5.74) is -0.427. The van der Waals surface area contributed by atoms with Gasteiger partial charge in [-0.1, -0.05) is 70.9 Å². The zero-order valence-corrected chi connectivity index (χ0v) is 28.4. The summed E-state index contributed by atoms with van der Waals surface area (Å²) in [6, 6.07) is 8.34. The molecule has 0 heterocycles. The van der Waals surface area contributed by atoms with E-state index in [1.165, 1.54) is 4.90 Å². The van der Waals surface area contributed by atoms with E-state index in [4.69, 9.17) is 15.9 Å². The van der Waals surface area contributed by atoms with Crippen molar-refractivity contribution >= 4 is 29.8 Å². The first-order valence-electron chi connectivity index (χ1n) is 14.3. The number of hydrogen-bond acceptors (Lipinski definition) is 5. The van der Waals surface area contributed by atoms with Crippen LogP contribution in [0, 0.1) is 28.6 Å². The molecule has 0 aliphatic rings. The molecule has 0 saturated heterocycles. The Labute approximate surface area is 254 Å². The van der Waals surface area contributed by atoms with Crippen molar-refractivity contribution in [1.29, 1.82) is 0 Å². The van der Waals surface area contributed by atoms with Crippen LogP contribution in [0.5, 0.6) is 0 Å². The number of carbonyl (C=O) groups excluding carboxylic acids is 2. The van der Waals surface area contributed by atoms with Crippen LogP contribution in [0.25, 0.3) is 6.08 Å². The van der Waals surface area contributed by atoms with E-state index in [9.17, 15) is 9.59 Å². The van der Waals surface area contributed by atoms with Crippen LogP contribution in [0.4, 0.5) is 4.79 Å². The predicted molar refractivity (Wildman–Crippen MR) is 173 cm³/mol. The third-order valence-electron chi connectivity index (χ3n) is 6.93. The van der Waals surface area contributed by atoms with Crippen LogP contribution in [0.1, 0.15) is 88.6 Å². The van der Waals surface area contributed by atoms with Crippen molar-refractivity contribution in [2.45, 2.75) is 98.3 Å². The van der Waals surface area contributed by atoms with Crippen LogP contribution in [-0.4, -0.2) is 60.1 Å². The highest BCUT2D eigenvalue weighted by atomic mass is 32.2. The normalized spacial score (nSPS) is 13.1. The maximum atomic E-state index is 13.5. The van der Waals surface area contributed by atoms with Gasteiger partial charge in [0.1, 0.15) is 5.60 Å². The van der Waals surface area contributed by atoms with E-state index in [1.54, 1.807) is 4.90 Å². The molecule has 230 valence electrons. The Kier molecular flexibility index (Phi) is 13.1. The lowest BCUT2D eigenvalue weighted by Gasteiger charge is -2.38. The molecule has 0 bridgehead atoms. The average molecular weight is 587 g/mol. The summed E-state index contributed by atoms with van der Waals surface area (Å²) in [6.07, 6.45) is 9.25. The van der Waals surface area contributed by atoms with Gasteiger partial charge in [-0.05, 0) is 65.5 Å². The number of nitrogens with zero attached hydrogens (tertiary/aromatic N) is 1. The van der Waals surface area contributed by atoms with E-state index < -0.39 is 17.1 Å². The number of hydrogen-bond donors (Lipinski definition) is 1. The molecule has 1 aromatic carbocycles. The maximum Gasteiger partial charge on any atom is 0.407 e. The van der Waals surface area contributed by atoms with Gasteiger partial charge in [-0.3, -0.25) is 4.79 Å².